The highest BCUT2D eigenvalue weighted by Gasteiger charge is 2.34. The summed E-state index contributed by atoms with van der Waals surface area (Å²) >= 11 is -1.29. The summed E-state index contributed by atoms with van der Waals surface area (Å²) < 4.78 is 40.1. The molecule has 0 heterocycles. The van der Waals surface area contributed by atoms with E-state index >= 15 is 0 Å². The van der Waals surface area contributed by atoms with Crippen LogP contribution in [0.4, 0.5) is 9.18 Å². The van der Waals surface area contributed by atoms with Crippen LogP contribution in [0, 0.1) is 5.82 Å². The zero-order chi connectivity index (χ0) is 22.0. The highest BCUT2D eigenvalue weighted by Crippen LogP contribution is 2.32. The van der Waals surface area contributed by atoms with Crippen LogP contribution >= 0.6 is 0 Å². The van der Waals surface area contributed by atoms with E-state index in [9.17, 15) is 13.7 Å². The number of alkyl carbamates (subject to hydrolysis) is 1. The van der Waals surface area contributed by atoms with Crippen molar-refractivity contribution in [2.45, 2.75) is 89.8 Å². The van der Waals surface area contributed by atoms with E-state index in [0.717, 1.165) is 0 Å². The van der Waals surface area contributed by atoms with Crippen LogP contribution in [0.25, 0.3) is 0 Å². The topological polar surface area (TPSA) is 82.6 Å². The largest absolute Gasteiger partial charge is 0.598 e. The van der Waals surface area contributed by atoms with Gasteiger partial charge in [-0.2, -0.15) is 0 Å². The Kier molecular flexibility index (Phi) is 7.46. The van der Waals surface area contributed by atoms with Crippen LogP contribution in [0.15, 0.2) is 18.2 Å². The molecule has 2 atom stereocenters. The summed E-state index contributed by atoms with van der Waals surface area (Å²) in [5.74, 6) is 0.179. The number of benzene rings is 1. The lowest BCUT2D eigenvalue weighted by Crippen LogP contribution is -2.50. The Morgan fingerprint density at radius 3 is 2.41 bits per heavy atom. The van der Waals surface area contributed by atoms with Gasteiger partial charge in [0.25, 0.3) is 0 Å². The van der Waals surface area contributed by atoms with Crippen LogP contribution in [0.3, 0.4) is 0 Å². The lowest BCUT2D eigenvalue weighted by atomic mass is 9.89. The van der Waals surface area contributed by atoms with Crippen LogP contribution in [0.2, 0.25) is 0 Å². The third kappa shape index (κ3) is 7.35. The number of hydrogen-bond acceptors (Lipinski definition) is 5. The summed E-state index contributed by atoms with van der Waals surface area (Å²) in [5, 5.41) is 2.82. The van der Waals surface area contributed by atoms with Gasteiger partial charge in [-0.1, -0.05) is 0 Å². The summed E-state index contributed by atoms with van der Waals surface area (Å²) in [5.41, 5.74) is 0.0781. The molecule has 0 radical (unpaired) electrons. The maximum Gasteiger partial charge on any atom is 0.407 e. The molecular formula is C21H33FN2O4S. The van der Waals surface area contributed by atoms with Crippen LogP contribution in [0.5, 0.6) is 5.75 Å². The Balaban J connectivity index is 1.95. The summed E-state index contributed by atoms with van der Waals surface area (Å²) in [4.78, 5) is 11.8. The number of ether oxygens (including phenoxy) is 2. The Hall–Kier alpha value is -1.51. The lowest BCUT2D eigenvalue weighted by molar-refractivity contribution is 0.0360. The molecule has 1 aliphatic carbocycles. The average molecular weight is 429 g/mol. The minimum atomic E-state index is -1.29. The van der Waals surface area contributed by atoms with Gasteiger partial charge in [0.05, 0.1) is 6.04 Å². The molecule has 0 aromatic heterocycles. The van der Waals surface area contributed by atoms with Gasteiger partial charge in [0.15, 0.2) is 0 Å². The molecular weight excluding hydrogens is 395 g/mol. The van der Waals surface area contributed by atoms with Gasteiger partial charge < -0.3 is 19.3 Å². The second-order valence-electron chi connectivity index (χ2n) is 9.46. The van der Waals surface area contributed by atoms with Crippen molar-refractivity contribution < 1.29 is 23.2 Å². The molecule has 29 heavy (non-hydrogen) atoms. The predicted molar refractivity (Wildman–Crippen MR) is 113 cm³/mol. The van der Waals surface area contributed by atoms with Gasteiger partial charge in [0, 0.05) is 35.8 Å². The van der Waals surface area contributed by atoms with E-state index in [-0.39, 0.29) is 24.0 Å². The van der Waals surface area contributed by atoms with Crippen molar-refractivity contribution >= 4 is 17.5 Å². The van der Waals surface area contributed by atoms with Crippen LogP contribution in [0.1, 0.15) is 72.9 Å². The SMILES string of the molecule is C[C@@H](N[S@+]([O-])C(C)(C)C)c1cc(F)ccc1OC1CC(NC(=O)OC(C)(C)C)C1. The van der Waals surface area contributed by atoms with Gasteiger partial charge >= 0.3 is 6.09 Å². The van der Waals surface area contributed by atoms with Crippen molar-refractivity contribution in [3.63, 3.8) is 0 Å². The van der Waals surface area contributed by atoms with E-state index in [2.05, 4.69) is 10.0 Å². The minimum Gasteiger partial charge on any atom is -0.598 e. The van der Waals surface area contributed by atoms with Gasteiger partial charge in [-0.05, 0) is 66.7 Å². The number of hydrogen-bond donors (Lipinski definition) is 2. The molecule has 2 N–H and O–H groups in total. The molecule has 1 aromatic carbocycles. The zero-order valence-electron chi connectivity index (χ0n) is 18.3. The van der Waals surface area contributed by atoms with E-state index < -0.39 is 27.8 Å². The summed E-state index contributed by atoms with van der Waals surface area (Å²) in [6.07, 6.45) is 0.766. The molecule has 0 bridgehead atoms. The normalized spacial score (nSPS) is 21.7. The zero-order valence-corrected chi connectivity index (χ0v) is 19.1. The Morgan fingerprint density at radius 2 is 1.86 bits per heavy atom. The van der Waals surface area contributed by atoms with Gasteiger partial charge in [-0.25, -0.2) is 9.18 Å². The third-order valence-corrected chi connectivity index (χ3v) is 6.07. The molecule has 0 unspecified atom stereocenters. The van der Waals surface area contributed by atoms with Crippen molar-refractivity contribution in [2.24, 2.45) is 0 Å². The fourth-order valence-corrected chi connectivity index (χ4v) is 3.60. The molecule has 0 aliphatic heterocycles. The monoisotopic (exact) mass is 428 g/mol. The number of carbonyl (C=O) groups is 1. The summed E-state index contributed by atoms with van der Waals surface area (Å²) in [6, 6.07) is 3.99. The van der Waals surface area contributed by atoms with Crippen LogP contribution in [-0.2, 0) is 16.1 Å². The molecule has 1 amide bonds. The van der Waals surface area contributed by atoms with Gasteiger partial charge in [0.2, 0.25) is 0 Å². The van der Waals surface area contributed by atoms with E-state index in [1.165, 1.54) is 12.1 Å². The van der Waals surface area contributed by atoms with Crippen LogP contribution < -0.4 is 14.8 Å². The van der Waals surface area contributed by atoms with Crippen molar-refractivity contribution in [1.82, 2.24) is 10.0 Å². The first-order valence-corrected chi connectivity index (χ1v) is 11.0. The molecule has 1 fully saturated rings. The fourth-order valence-electron chi connectivity index (χ4n) is 2.80. The molecule has 2 rings (SSSR count). The first-order chi connectivity index (χ1) is 13.2. The number of rotatable bonds is 6. The molecule has 8 heteroatoms. The Bertz CT molecular complexity index is 712. The second kappa shape index (κ2) is 9.10. The smallest absolute Gasteiger partial charge is 0.407 e. The minimum absolute atomic E-state index is 0.0114. The van der Waals surface area contributed by atoms with Gasteiger partial charge in [0.1, 0.15) is 28.0 Å². The first kappa shape index (κ1) is 23.8. The maximum absolute atomic E-state index is 13.8. The van der Waals surface area contributed by atoms with Crippen molar-refractivity contribution in [3.05, 3.63) is 29.6 Å². The number of carbonyl (C=O) groups excluding carboxylic acids is 1. The molecule has 6 nitrogen and oxygen atoms in total. The highest BCUT2D eigenvalue weighted by atomic mass is 32.2. The second-order valence-corrected chi connectivity index (χ2v) is 11.5. The standard InChI is InChI=1S/C21H33FN2O4S/c1-13(24-29(26)21(5,6)7)17-10-14(22)8-9-18(17)27-16-11-15(12-16)23-19(25)28-20(2,3)4/h8-10,13,15-16,24H,11-12H2,1-7H3,(H,23,25)/t13-,15?,16?,29-/m1/s1. The molecule has 1 aliphatic rings. The predicted octanol–water partition coefficient (Wildman–Crippen LogP) is 4.37. The molecule has 0 saturated heterocycles. The highest BCUT2D eigenvalue weighted by molar-refractivity contribution is 7.90. The molecule has 1 aromatic rings. The molecule has 164 valence electrons. The Morgan fingerprint density at radius 1 is 1.24 bits per heavy atom. The van der Waals surface area contributed by atoms with E-state index in [1.54, 1.807) is 6.07 Å². The van der Waals surface area contributed by atoms with E-state index in [1.807, 2.05) is 48.5 Å². The van der Waals surface area contributed by atoms with Crippen molar-refractivity contribution in [1.29, 1.82) is 0 Å². The number of halogens is 1. The van der Waals surface area contributed by atoms with Crippen molar-refractivity contribution in [2.75, 3.05) is 0 Å². The van der Waals surface area contributed by atoms with Crippen LogP contribution in [-0.4, -0.2) is 33.1 Å². The van der Waals surface area contributed by atoms with Gasteiger partial charge in [-0.3, -0.25) is 0 Å². The number of amides is 1. The summed E-state index contributed by atoms with van der Waals surface area (Å²) in [7, 11) is 0. The molecule has 0 spiro atoms. The number of nitrogens with one attached hydrogen (secondary N) is 2. The fraction of sp³-hybridized carbons (Fsp3) is 0.667. The lowest BCUT2D eigenvalue weighted by Gasteiger charge is -2.37. The van der Waals surface area contributed by atoms with Gasteiger partial charge in [-0.15, -0.1) is 4.72 Å². The van der Waals surface area contributed by atoms with E-state index in [0.29, 0.717) is 24.2 Å². The molecule has 1 saturated carbocycles. The third-order valence-electron chi connectivity index (χ3n) is 4.39. The first-order valence-electron chi connectivity index (χ1n) is 9.88. The quantitative estimate of drug-likeness (QED) is 0.658. The van der Waals surface area contributed by atoms with E-state index in [4.69, 9.17) is 9.47 Å². The Labute approximate surface area is 176 Å². The summed E-state index contributed by atoms with van der Waals surface area (Å²) in [6.45, 7) is 12.9. The maximum atomic E-state index is 13.8. The average Bonchev–Trinajstić information content (AvgIpc) is 2.51. The van der Waals surface area contributed by atoms with Crippen molar-refractivity contribution in [3.8, 4) is 5.75 Å².